The Balaban J connectivity index is 4.71. The van der Waals surface area contributed by atoms with Crippen molar-refractivity contribution in [3.63, 3.8) is 0 Å². The molecule has 0 amide bonds. The van der Waals surface area contributed by atoms with Crippen LogP contribution in [0.25, 0.3) is 0 Å². The highest BCUT2D eigenvalue weighted by Gasteiger charge is 2.29. The lowest BCUT2D eigenvalue weighted by Gasteiger charge is -2.34. The minimum Gasteiger partial charge on any atom is -0.388 e. The van der Waals surface area contributed by atoms with Gasteiger partial charge in [-0.2, -0.15) is 0 Å². The Morgan fingerprint density at radius 1 is 1.27 bits per heavy atom. The van der Waals surface area contributed by atoms with Gasteiger partial charge in [0.1, 0.15) is 0 Å². The van der Waals surface area contributed by atoms with Gasteiger partial charge < -0.3 is 5.73 Å². The number of nitrogens with zero attached hydrogens (tertiary/aromatic N) is 1. The zero-order valence-electron chi connectivity index (χ0n) is 11.1. The average Bonchev–Trinajstić information content (AvgIpc) is 1.97. The molecule has 0 aliphatic heterocycles. The van der Waals surface area contributed by atoms with Crippen LogP contribution in [0.1, 0.15) is 54.4 Å². The van der Waals surface area contributed by atoms with Crippen LogP contribution >= 0.6 is 0 Å². The number of aliphatic imine (C=N–C) groups is 1. The quantitative estimate of drug-likeness (QED) is 0.421. The molecule has 0 unspecified atom stereocenters. The van der Waals surface area contributed by atoms with Crippen LogP contribution in [0.3, 0.4) is 0 Å². The van der Waals surface area contributed by atoms with Crippen LogP contribution in [0, 0.1) is 5.41 Å². The number of amidine groups is 1. The Kier molecular flexibility index (Phi) is 4.57. The topological polar surface area (TPSA) is 38.4 Å². The molecule has 0 saturated carbocycles. The molecule has 2 heteroatoms. The first-order valence-corrected chi connectivity index (χ1v) is 5.61. The molecule has 0 aliphatic rings. The van der Waals surface area contributed by atoms with E-state index in [-0.39, 0.29) is 11.0 Å². The summed E-state index contributed by atoms with van der Waals surface area (Å²) in [7, 11) is 0. The van der Waals surface area contributed by atoms with E-state index >= 15 is 0 Å². The lowest BCUT2D eigenvalue weighted by atomic mass is 9.74. The van der Waals surface area contributed by atoms with Crippen LogP contribution in [-0.4, -0.2) is 11.4 Å². The summed E-state index contributed by atoms with van der Waals surface area (Å²) < 4.78 is 0. The second-order valence-corrected chi connectivity index (χ2v) is 5.58. The maximum Gasteiger partial charge on any atom is 0.0912 e. The van der Waals surface area contributed by atoms with Gasteiger partial charge >= 0.3 is 0 Å². The van der Waals surface area contributed by atoms with Crippen molar-refractivity contribution in [1.29, 1.82) is 0 Å². The van der Waals surface area contributed by atoms with E-state index in [9.17, 15) is 0 Å². The van der Waals surface area contributed by atoms with E-state index in [1.54, 1.807) is 0 Å². The van der Waals surface area contributed by atoms with E-state index in [1.807, 2.05) is 6.92 Å². The first-order valence-electron chi connectivity index (χ1n) is 5.61. The second-order valence-electron chi connectivity index (χ2n) is 5.58. The van der Waals surface area contributed by atoms with Crippen LogP contribution in [0.15, 0.2) is 17.1 Å². The molecule has 0 aliphatic carbocycles. The van der Waals surface area contributed by atoms with Gasteiger partial charge in [-0.1, -0.05) is 32.9 Å². The predicted octanol–water partition coefficient (Wildman–Crippen LogP) is 3.52. The molecule has 15 heavy (non-hydrogen) atoms. The minimum absolute atomic E-state index is 0.111. The highest BCUT2D eigenvalue weighted by atomic mass is 14.9. The largest absolute Gasteiger partial charge is 0.388 e. The summed E-state index contributed by atoms with van der Waals surface area (Å²) in [5.74, 6) is 0.651. The number of allylic oxidation sites excluding steroid dienone is 1. The molecule has 0 bridgehead atoms. The first kappa shape index (κ1) is 14.2. The highest BCUT2D eigenvalue weighted by molar-refractivity contribution is 5.77. The normalized spacial score (nSPS) is 14.1. The van der Waals surface area contributed by atoms with Crippen molar-refractivity contribution in [2.75, 3.05) is 0 Å². The zero-order valence-corrected chi connectivity index (χ0v) is 11.1. The van der Waals surface area contributed by atoms with Crippen molar-refractivity contribution < 1.29 is 0 Å². The molecular weight excluding hydrogens is 184 g/mol. The number of nitrogens with two attached hydrogens (primary N) is 1. The van der Waals surface area contributed by atoms with E-state index in [4.69, 9.17) is 5.73 Å². The van der Waals surface area contributed by atoms with Crippen LogP contribution in [0.2, 0.25) is 0 Å². The molecule has 0 heterocycles. The molecule has 0 saturated heterocycles. The number of hydrogen-bond donors (Lipinski definition) is 1. The van der Waals surface area contributed by atoms with E-state index in [2.05, 4.69) is 46.2 Å². The smallest absolute Gasteiger partial charge is 0.0912 e. The fourth-order valence-corrected chi connectivity index (χ4v) is 2.20. The number of hydrogen-bond acceptors (Lipinski definition) is 1. The first-order chi connectivity index (χ1) is 6.60. The molecule has 0 fully saturated rings. The third-order valence-electron chi connectivity index (χ3n) is 2.74. The minimum atomic E-state index is -0.111. The Morgan fingerprint density at radius 3 is 2.07 bits per heavy atom. The van der Waals surface area contributed by atoms with Gasteiger partial charge in [-0.25, -0.2) is 0 Å². The second kappa shape index (κ2) is 4.82. The van der Waals surface area contributed by atoms with E-state index in [0.29, 0.717) is 5.84 Å². The lowest BCUT2D eigenvalue weighted by molar-refractivity contribution is 0.304. The van der Waals surface area contributed by atoms with Gasteiger partial charge in [0, 0.05) is 0 Å². The Labute approximate surface area is 94.7 Å². The molecular formula is C13H26N2. The monoisotopic (exact) mass is 210 g/mol. The van der Waals surface area contributed by atoms with E-state index < -0.39 is 0 Å². The average molecular weight is 210 g/mol. The molecule has 0 atom stereocenters. The van der Waals surface area contributed by atoms with Crippen LogP contribution in [0.5, 0.6) is 0 Å². The van der Waals surface area contributed by atoms with Gasteiger partial charge in [0.25, 0.3) is 0 Å². The van der Waals surface area contributed by atoms with Crippen molar-refractivity contribution in [2.24, 2.45) is 16.1 Å². The summed E-state index contributed by atoms with van der Waals surface area (Å²) in [5, 5.41) is 0. The molecule has 2 N–H and O–H groups in total. The van der Waals surface area contributed by atoms with Crippen LogP contribution < -0.4 is 5.73 Å². The van der Waals surface area contributed by atoms with E-state index in [0.717, 1.165) is 12.8 Å². The summed E-state index contributed by atoms with van der Waals surface area (Å²) >= 11 is 0. The standard InChI is InChI=1S/C13H26N2/c1-8-10(2)12(4,5)9-13(6,7)15-11(3)14/h2,8-9H2,1,3-7H3,(H2,14,15). The molecule has 0 spiro atoms. The zero-order chi connectivity index (χ0) is 12.3. The third kappa shape index (κ3) is 5.01. The van der Waals surface area contributed by atoms with Crippen molar-refractivity contribution in [3.05, 3.63) is 12.2 Å². The maximum absolute atomic E-state index is 5.63. The van der Waals surface area contributed by atoms with Crippen molar-refractivity contribution >= 4 is 5.84 Å². The summed E-state index contributed by atoms with van der Waals surface area (Å²) in [5.41, 5.74) is 6.92. The highest BCUT2D eigenvalue weighted by Crippen LogP contribution is 2.37. The number of rotatable bonds is 5. The summed E-state index contributed by atoms with van der Waals surface area (Å²) in [6.45, 7) is 16.8. The Morgan fingerprint density at radius 2 is 1.73 bits per heavy atom. The maximum atomic E-state index is 5.63. The van der Waals surface area contributed by atoms with Crippen molar-refractivity contribution in [1.82, 2.24) is 0 Å². The summed E-state index contributed by atoms with van der Waals surface area (Å²) in [4.78, 5) is 4.46. The third-order valence-corrected chi connectivity index (χ3v) is 2.74. The van der Waals surface area contributed by atoms with Gasteiger partial charge in [-0.15, -0.1) is 0 Å². The molecule has 88 valence electrons. The molecule has 0 aromatic carbocycles. The van der Waals surface area contributed by atoms with Gasteiger partial charge in [-0.05, 0) is 39.0 Å². The molecule has 2 nitrogen and oxygen atoms in total. The van der Waals surface area contributed by atoms with Crippen LogP contribution in [-0.2, 0) is 0 Å². The molecule has 0 aromatic rings. The van der Waals surface area contributed by atoms with Gasteiger partial charge in [-0.3, -0.25) is 4.99 Å². The van der Waals surface area contributed by atoms with Gasteiger partial charge in [0.2, 0.25) is 0 Å². The van der Waals surface area contributed by atoms with Gasteiger partial charge in [0.05, 0.1) is 11.4 Å². The Hall–Kier alpha value is -0.790. The summed E-state index contributed by atoms with van der Waals surface area (Å²) in [6.07, 6.45) is 2.00. The molecule has 0 radical (unpaired) electrons. The SMILES string of the molecule is C=C(CC)C(C)(C)CC(C)(C)N=C(C)N. The van der Waals surface area contributed by atoms with Crippen molar-refractivity contribution in [2.45, 2.75) is 59.9 Å². The van der Waals surface area contributed by atoms with E-state index in [1.165, 1.54) is 5.57 Å². The fourth-order valence-electron chi connectivity index (χ4n) is 2.20. The Bertz CT molecular complexity index is 256. The predicted molar refractivity (Wildman–Crippen MR) is 69.2 cm³/mol. The summed E-state index contributed by atoms with van der Waals surface area (Å²) in [6, 6.07) is 0. The molecule has 0 rings (SSSR count). The fraction of sp³-hybridized carbons (Fsp3) is 0.769. The molecule has 0 aromatic heterocycles. The van der Waals surface area contributed by atoms with Crippen molar-refractivity contribution in [3.8, 4) is 0 Å². The lowest BCUT2D eigenvalue weighted by Crippen LogP contribution is -2.30. The van der Waals surface area contributed by atoms with Crippen LogP contribution in [0.4, 0.5) is 0 Å². The van der Waals surface area contributed by atoms with Gasteiger partial charge in [0.15, 0.2) is 0 Å².